The fraction of sp³-hybridized carbons (Fsp3) is 0.900. The molecule has 1 fully saturated rings. The molecule has 0 radical (unpaired) electrons. The molecule has 0 aromatic rings. The summed E-state index contributed by atoms with van der Waals surface area (Å²) in [6, 6.07) is 0. The molecule has 1 aliphatic heterocycles. The fourth-order valence-corrected chi connectivity index (χ4v) is 2.31. The predicted molar refractivity (Wildman–Crippen MR) is 62.4 cm³/mol. The number of rotatable bonds is 4. The Morgan fingerprint density at radius 2 is 1.94 bits per heavy atom. The maximum absolute atomic E-state index is 10.8. The Balaban J connectivity index is 2.37. The summed E-state index contributed by atoms with van der Waals surface area (Å²) >= 11 is 0. The third-order valence-corrected chi connectivity index (χ3v) is 3.84. The number of piperidine rings is 1. The van der Waals surface area contributed by atoms with Gasteiger partial charge >= 0.3 is 6.09 Å². The molecule has 0 aliphatic carbocycles. The number of amides is 1. The lowest BCUT2D eigenvalue weighted by atomic mass is 9.78. The number of likely N-dealkylation sites (tertiary alicyclic amines) is 1. The Hall–Kier alpha value is -0.820. The van der Waals surface area contributed by atoms with E-state index < -0.39 is 16.2 Å². The summed E-state index contributed by atoms with van der Waals surface area (Å²) in [6.07, 6.45) is 2.26. The van der Waals surface area contributed by atoms with Gasteiger partial charge in [0.15, 0.2) is 0 Å². The Bertz CT molecular complexity index is 370. The van der Waals surface area contributed by atoms with E-state index in [-0.39, 0.29) is 12.0 Å². The van der Waals surface area contributed by atoms with Crippen LogP contribution in [0.5, 0.6) is 0 Å². The molecular weight excluding hydrogens is 246 g/mol. The number of hydrogen-bond donors (Lipinski definition) is 1. The average molecular weight is 265 g/mol. The van der Waals surface area contributed by atoms with E-state index in [2.05, 4.69) is 0 Å². The quantitative estimate of drug-likeness (QED) is 0.770. The first-order valence-corrected chi connectivity index (χ1v) is 7.36. The summed E-state index contributed by atoms with van der Waals surface area (Å²) in [5, 5.41) is 8.81. The van der Waals surface area contributed by atoms with Crippen molar-refractivity contribution < 1.29 is 22.5 Å². The van der Waals surface area contributed by atoms with Crippen molar-refractivity contribution in [1.82, 2.24) is 4.90 Å². The van der Waals surface area contributed by atoms with Gasteiger partial charge < -0.3 is 10.0 Å². The van der Waals surface area contributed by atoms with Crippen LogP contribution < -0.4 is 0 Å². The third-order valence-electron chi connectivity index (χ3n) is 3.24. The van der Waals surface area contributed by atoms with Gasteiger partial charge in [0, 0.05) is 13.1 Å². The minimum absolute atomic E-state index is 0.0311. The minimum Gasteiger partial charge on any atom is -0.465 e. The molecule has 1 amide bonds. The van der Waals surface area contributed by atoms with Crippen LogP contribution in [-0.2, 0) is 14.3 Å². The molecule has 7 heteroatoms. The third kappa shape index (κ3) is 4.91. The largest absolute Gasteiger partial charge is 0.465 e. The van der Waals surface area contributed by atoms with E-state index in [4.69, 9.17) is 9.29 Å². The van der Waals surface area contributed by atoms with Gasteiger partial charge in [-0.15, -0.1) is 0 Å². The lowest BCUT2D eigenvalue weighted by Crippen LogP contribution is -2.41. The summed E-state index contributed by atoms with van der Waals surface area (Å²) in [6.45, 7) is 3.22. The molecule has 0 bridgehead atoms. The number of nitrogens with zero attached hydrogens (tertiary/aromatic N) is 1. The molecule has 0 saturated carbocycles. The summed E-state index contributed by atoms with van der Waals surface area (Å²) < 4.78 is 26.3. The van der Waals surface area contributed by atoms with Gasteiger partial charge in [-0.05, 0) is 24.7 Å². The van der Waals surface area contributed by atoms with Crippen LogP contribution in [-0.4, -0.2) is 50.5 Å². The molecule has 1 N–H and O–H groups in total. The Kier molecular flexibility index (Phi) is 4.37. The van der Waals surface area contributed by atoms with Gasteiger partial charge in [-0.3, -0.25) is 4.18 Å². The second-order valence-corrected chi connectivity index (χ2v) is 6.50. The molecule has 0 aromatic heterocycles. The monoisotopic (exact) mass is 265 g/mol. The van der Waals surface area contributed by atoms with Crippen LogP contribution in [0.2, 0.25) is 0 Å². The van der Waals surface area contributed by atoms with E-state index in [1.165, 1.54) is 4.90 Å². The highest BCUT2D eigenvalue weighted by molar-refractivity contribution is 7.85. The zero-order valence-electron chi connectivity index (χ0n) is 10.2. The summed E-state index contributed by atoms with van der Waals surface area (Å²) in [4.78, 5) is 12.1. The molecule has 1 rings (SSSR count). The van der Waals surface area contributed by atoms with Crippen LogP contribution in [0.1, 0.15) is 26.2 Å². The Morgan fingerprint density at radius 1 is 1.41 bits per heavy atom. The van der Waals surface area contributed by atoms with Gasteiger partial charge in [-0.2, -0.15) is 8.42 Å². The van der Waals surface area contributed by atoms with Crippen molar-refractivity contribution >= 4 is 16.2 Å². The highest BCUT2D eigenvalue weighted by Crippen LogP contribution is 2.34. The normalized spacial score (nSPS) is 20.2. The number of hydrogen-bond acceptors (Lipinski definition) is 4. The Labute approximate surface area is 102 Å². The molecule has 0 aromatic carbocycles. The highest BCUT2D eigenvalue weighted by Gasteiger charge is 2.31. The van der Waals surface area contributed by atoms with Crippen molar-refractivity contribution in [2.45, 2.75) is 26.2 Å². The topological polar surface area (TPSA) is 83.9 Å². The molecule has 0 spiro atoms. The molecular formula is C10H19NO5S. The van der Waals surface area contributed by atoms with E-state index >= 15 is 0 Å². The predicted octanol–water partition coefficient (Wildman–Crippen LogP) is 1.13. The Morgan fingerprint density at radius 3 is 2.35 bits per heavy atom. The van der Waals surface area contributed by atoms with Crippen LogP contribution in [0.3, 0.4) is 0 Å². The van der Waals surface area contributed by atoms with Crippen molar-refractivity contribution in [3.8, 4) is 0 Å². The van der Waals surface area contributed by atoms with E-state index in [0.29, 0.717) is 19.5 Å². The summed E-state index contributed by atoms with van der Waals surface area (Å²) in [5.41, 5.74) is -0.0311. The van der Waals surface area contributed by atoms with Crippen LogP contribution in [0.15, 0.2) is 0 Å². The molecule has 0 atom stereocenters. The van der Waals surface area contributed by atoms with Gasteiger partial charge in [0.2, 0.25) is 0 Å². The first-order chi connectivity index (χ1) is 7.72. The first-order valence-electron chi connectivity index (χ1n) is 5.54. The summed E-state index contributed by atoms with van der Waals surface area (Å²) in [7, 11) is -3.38. The molecule has 17 heavy (non-hydrogen) atoms. The first kappa shape index (κ1) is 14.2. The van der Waals surface area contributed by atoms with E-state index in [1.54, 1.807) is 0 Å². The minimum atomic E-state index is -3.38. The molecule has 0 unspecified atom stereocenters. The van der Waals surface area contributed by atoms with Gasteiger partial charge in [0.25, 0.3) is 10.1 Å². The van der Waals surface area contributed by atoms with Gasteiger partial charge in [0.05, 0.1) is 12.9 Å². The second-order valence-electron chi connectivity index (χ2n) is 4.86. The summed E-state index contributed by atoms with van der Waals surface area (Å²) in [5.74, 6) is 0. The van der Waals surface area contributed by atoms with Crippen molar-refractivity contribution in [3.63, 3.8) is 0 Å². The fourth-order valence-electron chi connectivity index (χ4n) is 1.93. The van der Waals surface area contributed by atoms with Gasteiger partial charge in [-0.1, -0.05) is 6.92 Å². The van der Waals surface area contributed by atoms with E-state index in [0.717, 1.165) is 19.1 Å². The lowest BCUT2D eigenvalue weighted by Gasteiger charge is -2.38. The van der Waals surface area contributed by atoms with Gasteiger partial charge in [0.1, 0.15) is 0 Å². The maximum atomic E-state index is 10.8. The van der Waals surface area contributed by atoms with Crippen molar-refractivity contribution in [2.24, 2.45) is 5.41 Å². The lowest BCUT2D eigenvalue weighted by molar-refractivity contribution is 0.0853. The second kappa shape index (κ2) is 5.22. The number of carboxylic acid groups (broad SMARTS) is 1. The average Bonchev–Trinajstić information content (AvgIpc) is 2.15. The van der Waals surface area contributed by atoms with E-state index in [9.17, 15) is 13.2 Å². The zero-order chi connectivity index (χ0) is 13.1. The van der Waals surface area contributed by atoms with E-state index in [1.807, 2.05) is 6.92 Å². The number of carbonyl (C=O) groups is 1. The smallest absolute Gasteiger partial charge is 0.407 e. The van der Waals surface area contributed by atoms with Crippen LogP contribution >= 0.6 is 0 Å². The SMILES string of the molecule is CC1(CCOS(C)(=O)=O)CCN(C(=O)O)CC1. The van der Waals surface area contributed by atoms with Crippen molar-refractivity contribution in [1.29, 1.82) is 0 Å². The van der Waals surface area contributed by atoms with Gasteiger partial charge in [-0.25, -0.2) is 4.79 Å². The zero-order valence-corrected chi connectivity index (χ0v) is 11.0. The van der Waals surface area contributed by atoms with Crippen LogP contribution in [0.25, 0.3) is 0 Å². The molecule has 1 saturated heterocycles. The van der Waals surface area contributed by atoms with Crippen LogP contribution in [0, 0.1) is 5.41 Å². The van der Waals surface area contributed by atoms with Crippen molar-refractivity contribution in [2.75, 3.05) is 26.0 Å². The van der Waals surface area contributed by atoms with Crippen LogP contribution in [0.4, 0.5) is 4.79 Å². The van der Waals surface area contributed by atoms with Crippen molar-refractivity contribution in [3.05, 3.63) is 0 Å². The molecule has 1 aliphatic rings. The molecule has 6 nitrogen and oxygen atoms in total. The standard InChI is InChI=1S/C10H19NO5S/c1-10(5-8-16-17(2,14)15)3-6-11(7-4-10)9(12)13/h3-8H2,1-2H3,(H,12,13). The maximum Gasteiger partial charge on any atom is 0.407 e. The molecule has 1 heterocycles. The molecule has 100 valence electrons. The highest BCUT2D eigenvalue weighted by atomic mass is 32.2.